The summed E-state index contributed by atoms with van der Waals surface area (Å²) >= 11 is 0. The van der Waals surface area contributed by atoms with E-state index in [-0.39, 0.29) is 43.9 Å². The molecule has 2 heterocycles. The van der Waals surface area contributed by atoms with Crippen molar-refractivity contribution in [1.29, 1.82) is 0 Å². The number of aromatic nitrogens is 2. The summed E-state index contributed by atoms with van der Waals surface area (Å²) in [6.45, 7) is 20.4. The number of carbonyl (C=O) groups excluding carboxylic acids is 2. The minimum Gasteiger partial charge on any atom is -0.513 e. The summed E-state index contributed by atoms with van der Waals surface area (Å²) < 4.78 is 0. The SMILES string of the molecule is C=CCCCCC(=O)CC(C)=O.C=CCCCCC(O)=CC(C)O.CCN(CC)CC.[Ir].[c-]1ccccc1-c1ccccn1.[c-]1ccccc1-c1ccccn1. The van der Waals surface area contributed by atoms with Crippen LogP contribution < -0.4 is 0 Å². The van der Waals surface area contributed by atoms with Crippen LogP contribution in [0.5, 0.6) is 0 Å². The number of aliphatic hydroxyl groups is 2. The smallest absolute Gasteiger partial charge is 0.140 e. The largest absolute Gasteiger partial charge is 0.513 e. The van der Waals surface area contributed by atoms with E-state index in [4.69, 9.17) is 5.11 Å². The Morgan fingerprint density at radius 3 is 1.50 bits per heavy atom. The first-order valence-electron chi connectivity index (χ1n) is 19.4. The normalized spacial score (nSPS) is 10.5. The van der Waals surface area contributed by atoms with Gasteiger partial charge in [0.1, 0.15) is 11.6 Å². The van der Waals surface area contributed by atoms with Crippen molar-refractivity contribution in [2.24, 2.45) is 0 Å². The first-order chi connectivity index (χ1) is 26.6. The third kappa shape index (κ3) is 30.9. The number of unbranched alkanes of at least 4 members (excludes halogenated alkanes) is 4. The molecule has 0 saturated carbocycles. The van der Waals surface area contributed by atoms with Gasteiger partial charge in [-0.3, -0.25) is 9.59 Å². The maximum Gasteiger partial charge on any atom is 0.140 e. The number of pyridine rings is 2. The molecule has 2 aromatic heterocycles. The number of benzene rings is 2. The Morgan fingerprint density at radius 2 is 1.18 bits per heavy atom. The van der Waals surface area contributed by atoms with E-state index < -0.39 is 6.10 Å². The van der Waals surface area contributed by atoms with Gasteiger partial charge in [0.2, 0.25) is 0 Å². The molecule has 307 valence electrons. The van der Waals surface area contributed by atoms with E-state index in [9.17, 15) is 14.7 Å². The molecule has 0 bridgehead atoms. The molecule has 0 amide bonds. The molecule has 4 aromatic rings. The van der Waals surface area contributed by atoms with Gasteiger partial charge in [0, 0.05) is 45.3 Å². The van der Waals surface area contributed by atoms with Gasteiger partial charge in [0.25, 0.3) is 0 Å². The number of aliphatic hydroxyl groups excluding tert-OH is 2. The van der Waals surface area contributed by atoms with Crippen molar-refractivity contribution < 1.29 is 39.9 Å². The van der Waals surface area contributed by atoms with Crippen LogP contribution >= 0.6 is 0 Å². The van der Waals surface area contributed by atoms with E-state index in [2.05, 4.69) is 60.9 Å². The van der Waals surface area contributed by atoms with Crippen molar-refractivity contribution >= 4 is 11.6 Å². The second-order valence-electron chi connectivity index (χ2n) is 12.5. The van der Waals surface area contributed by atoms with Crippen LogP contribution in [0, 0.1) is 12.1 Å². The third-order valence-electron chi connectivity index (χ3n) is 7.73. The van der Waals surface area contributed by atoms with Gasteiger partial charge in [-0.1, -0.05) is 57.2 Å². The average molecular weight is 940 g/mol. The summed E-state index contributed by atoms with van der Waals surface area (Å²) in [5.41, 5.74) is 4.02. The van der Waals surface area contributed by atoms with Crippen molar-refractivity contribution in [3.63, 3.8) is 0 Å². The first kappa shape index (κ1) is 53.8. The summed E-state index contributed by atoms with van der Waals surface area (Å²) in [6, 6.07) is 33.6. The molecule has 1 unspecified atom stereocenters. The molecule has 56 heavy (non-hydrogen) atoms. The van der Waals surface area contributed by atoms with E-state index in [1.165, 1.54) is 32.6 Å². The quantitative estimate of drug-likeness (QED) is 0.0337. The number of hydrogen-bond acceptors (Lipinski definition) is 7. The number of rotatable bonds is 18. The molecule has 0 aliphatic rings. The fourth-order valence-corrected chi connectivity index (χ4v) is 4.75. The van der Waals surface area contributed by atoms with Crippen molar-refractivity contribution in [3.8, 4) is 22.5 Å². The van der Waals surface area contributed by atoms with Crippen LogP contribution in [0.1, 0.15) is 92.4 Å². The molecule has 4 rings (SSSR count). The van der Waals surface area contributed by atoms with Crippen LogP contribution in [-0.2, 0) is 29.7 Å². The summed E-state index contributed by atoms with van der Waals surface area (Å²) in [4.78, 5) is 32.3. The number of nitrogens with zero attached hydrogens (tertiary/aromatic N) is 3. The molecular formula is C48H65IrN3O4-2. The Kier molecular flexibility index (Phi) is 36.1. The third-order valence-corrected chi connectivity index (χ3v) is 7.73. The van der Waals surface area contributed by atoms with Gasteiger partial charge in [-0.25, -0.2) is 0 Å². The summed E-state index contributed by atoms with van der Waals surface area (Å²) in [5, 5.41) is 18.1. The Bertz CT molecular complexity index is 1390. The molecule has 0 spiro atoms. The molecule has 8 heteroatoms. The van der Waals surface area contributed by atoms with Gasteiger partial charge < -0.3 is 25.1 Å². The van der Waals surface area contributed by atoms with E-state index >= 15 is 0 Å². The topological polar surface area (TPSA) is 104 Å². The molecule has 7 nitrogen and oxygen atoms in total. The molecular weight excluding hydrogens is 875 g/mol. The molecule has 2 N–H and O–H groups in total. The number of hydrogen-bond donors (Lipinski definition) is 2. The Morgan fingerprint density at radius 1 is 0.732 bits per heavy atom. The molecule has 0 aliphatic heterocycles. The van der Waals surface area contributed by atoms with E-state index in [0.29, 0.717) is 12.8 Å². The molecule has 2 aromatic carbocycles. The van der Waals surface area contributed by atoms with Crippen LogP contribution in [0.15, 0.2) is 134 Å². The molecule has 1 atom stereocenters. The summed E-state index contributed by atoms with van der Waals surface area (Å²) in [5.74, 6) is 0.310. The monoisotopic (exact) mass is 940 g/mol. The number of Topliss-reactive ketones (excluding diaryl/α,β-unsaturated/α-hetero) is 2. The van der Waals surface area contributed by atoms with Crippen molar-refractivity contribution in [1.82, 2.24) is 14.9 Å². The van der Waals surface area contributed by atoms with Gasteiger partial charge in [0.05, 0.1) is 18.3 Å². The van der Waals surface area contributed by atoms with Crippen LogP contribution in [0.25, 0.3) is 22.5 Å². The minimum absolute atomic E-state index is 0. The van der Waals surface area contributed by atoms with Crippen molar-refractivity contribution in [3.05, 3.63) is 147 Å². The Balaban J connectivity index is 0. The minimum atomic E-state index is -0.551. The number of ketones is 2. The van der Waals surface area contributed by atoms with Gasteiger partial charge in [-0.2, -0.15) is 0 Å². The number of carbonyl (C=O) groups is 2. The molecule has 0 saturated heterocycles. The van der Waals surface area contributed by atoms with Crippen LogP contribution in [-0.4, -0.2) is 62.4 Å². The van der Waals surface area contributed by atoms with Crippen LogP contribution in [0.3, 0.4) is 0 Å². The van der Waals surface area contributed by atoms with Gasteiger partial charge in [-0.05, 0) is 102 Å². The molecule has 0 aliphatic carbocycles. The fraction of sp³-hybridized carbons (Fsp3) is 0.375. The van der Waals surface area contributed by atoms with E-state index in [0.717, 1.165) is 61.0 Å². The van der Waals surface area contributed by atoms with Crippen LogP contribution in [0.4, 0.5) is 0 Å². The van der Waals surface area contributed by atoms with Gasteiger partial charge in [0.15, 0.2) is 0 Å². The maximum absolute atomic E-state index is 11.0. The first-order valence-corrected chi connectivity index (χ1v) is 19.4. The predicted octanol–water partition coefficient (Wildman–Crippen LogP) is 11.3. The van der Waals surface area contributed by atoms with E-state index in [1.807, 2.05) is 97.1 Å². The second-order valence-corrected chi connectivity index (χ2v) is 12.5. The zero-order valence-electron chi connectivity index (χ0n) is 34.3. The average Bonchev–Trinajstić information content (AvgIpc) is 3.21. The van der Waals surface area contributed by atoms with E-state index in [1.54, 1.807) is 19.3 Å². The van der Waals surface area contributed by atoms with Crippen molar-refractivity contribution in [2.45, 2.75) is 98.5 Å². The second kappa shape index (κ2) is 37.6. The Labute approximate surface area is 352 Å². The van der Waals surface area contributed by atoms with Crippen LogP contribution in [0.2, 0.25) is 0 Å². The van der Waals surface area contributed by atoms with Gasteiger partial charge >= 0.3 is 0 Å². The molecule has 0 fully saturated rings. The Hall–Kier alpha value is -4.33. The zero-order chi connectivity index (χ0) is 40.9. The molecule has 1 radical (unpaired) electrons. The predicted molar refractivity (Wildman–Crippen MR) is 231 cm³/mol. The maximum atomic E-state index is 11.0. The standard InChI is InChI=1S/2C11H8N.C10H18O2.C10H16O2.C6H15N.Ir/c2*1-2-6-10(7-3-1)11-8-4-5-9-12-11;2*1-3-4-5-6-7-10(12)8-9(2)11;1-4-7(5-2)6-3;/h2*1-6,8-9H;3,8-9,11-12H,1,4-7H2,2H3;3H,1,4-8H2,2H3;4-6H2,1-3H3;/q2*-1;;;;. The number of allylic oxidation sites excluding steroid dienone is 3. The van der Waals surface area contributed by atoms with Gasteiger partial charge in [-0.15, -0.1) is 84.9 Å². The van der Waals surface area contributed by atoms with Crippen molar-refractivity contribution in [2.75, 3.05) is 19.6 Å². The summed E-state index contributed by atoms with van der Waals surface area (Å²) in [6.07, 6.45) is 15.3. The fourth-order valence-electron chi connectivity index (χ4n) is 4.75. The summed E-state index contributed by atoms with van der Waals surface area (Å²) in [7, 11) is 0. The zero-order valence-corrected chi connectivity index (χ0v) is 36.7.